The van der Waals surface area contributed by atoms with E-state index in [2.05, 4.69) is 45.9 Å². The van der Waals surface area contributed by atoms with Gasteiger partial charge in [0.2, 0.25) is 0 Å². The average Bonchev–Trinajstić information content (AvgIpc) is 3.02. The summed E-state index contributed by atoms with van der Waals surface area (Å²) in [5.74, 6) is 0. The van der Waals surface area contributed by atoms with Gasteiger partial charge in [-0.3, -0.25) is 4.68 Å². The molecule has 0 saturated carbocycles. The summed E-state index contributed by atoms with van der Waals surface area (Å²) in [6, 6.07) is 10.5. The van der Waals surface area contributed by atoms with E-state index in [1.165, 1.54) is 16.5 Å². The highest BCUT2D eigenvalue weighted by Crippen LogP contribution is 2.17. The number of nitrogens with one attached hydrogen (secondary N) is 2. The predicted octanol–water partition coefficient (Wildman–Crippen LogP) is 2.23. The summed E-state index contributed by atoms with van der Waals surface area (Å²) in [6.07, 6.45) is 5.10. The first-order chi connectivity index (χ1) is 9.33. The van der Waals surface area contributed by atoms with E-state index in [0.717, 1.165) is 25.2 Å². The molecule has 2 N–H and O–H groups in total. The van der Waals surface area contributed by atoms with Gasteiger partial charge in [-0.15, -0.1) is 0 Å². The maximum absolute atomic E-state index is 4.34. The number of H-pyrrole nitrogens is 1. The maximum atomic E-state index is 4.34. The second-order valence-corrected chi connectivity index (χ2v) is 4.77. The van der Waals surface area contributed by atoms with Crippen molar-refractivity contribution in [2.45, 2.75) is 13.0 Å². The summed E-state index contributed by atoms with van der Waals surface area (Å²) in [5, 5.41) is 9.09. The van der Waals surface area contributed by atoms with E-state index in [-0.39, 0.29) is 0 Å². The van der Waals surface area contributed by atoms with Crippen LogP contribution in [0.4, 0.5) is 0 Å². The van der Waals surface area contributed by atoms with Crippen LogP contribution in [0.2, 0.25) is 0 Å². The first-order valence-corrected chi connectivity index (χ1v) is 6.57. The van der Waals surface area contributed by atoms with Crippen molar-refractivity contribution < 1.29 is 0 Å². The molecule has 0 spiro atoms. The molecule has 1 aromatic carbocycles. The largest absolute Gasteiger partial charge is 0.361 e. The molecule has 0 fully saturated rings. The number of hydrogen-bond donors (Lipinski definition) is 2. The smallest absolute Gasteiger partial charge is 0.0762 e. The van der Waals surface area contributed by atoms with E-state index in [1.807, 2.05) is 24.0 Å². The van der Waals surface area contributed by atoms with Gasteiger partial charge in [-0.05, 0) is 30.7 Å². The minimum atomic E-state index is 0.823. The Morgan fingerprint density at radius 2 is 2.16 bits per heavy atom. The Morgan fingerprint density at radius 3 is 3.00 bits per heavy atom. The van der Waals surface area contributed by atoms with Gasteiger partial charge in [-0.25, -0.2) is 0 Å². The van der Waals surface area contributed by atoms with Crippen LogP contribution in [-0.2, 0) is 20.0 Å². The van der Waals surface area contributed by atoms with E-state index in [4.69, 9.17) is 0 Å². The van der Waals surface area contributed by atoms with Gasteiger partial charge in [-0.2, -0.15) is 5.10 Å². The predicted molar refractivity (Wildman–Crippen MR) is 76.9 cm³/mol. The molecule has 0 atom stereocenters. The lowest BCUT2D eigenvalue weighted by atomic mass is 10.1. The van der Waals surface area contributed by atoms with Crippen LogP contribution in [0.3, 0.4) is 0 Å². The molecule has 3 rings (SSSR count). The second-order valence-electron chi connectivity index (χ2n) is 4.77. The van der Waals surface area contributed by atoms with Crippen molar-refractivity contribution in [3.63, 3.8) is 0 Å². The summed E-state index contributed by atoms with van der Waals surface area (Å²) >= 11 is 0. The van der Waals surface area contributed by atoms with Gasteiger partial charge in [0.25, 0.3) is 0 Å². The standard InChI is InChI=1S/C15H18N4/c1-19-9-7-13(18-19)11-16-8-6-12-10-17-15-5-3-2-4-14(12)15/h2-5,7,9-10,16-17H,6,8,11H2,1H3. The molecule has 3 aromatic rings. The third-order valence-corrected chi connectivity index (χ3v) is 3.32. The fourth-order valence-electron chi connectivity index (χ4n) is 2.34. The van der Waals surface area contributed by atoms with Crippen LogP contribution in [0, 0.1) is 0 Å². The Labute approximate surface area is 112 Å². The van der Waals surface area contributed by atoms with Crippen LogP contribution < -0.4 is 5.32 Å². The molecular formula is C15H18N4. The number of nitrogens with zero attached hydrogens (tertiary/aromatic N) is 2. The SMILES string of the molecule is Cn1ccc(CNCCc2c[nH]c3ccccc23)n1. The maximum Gasteiger partial charge on any atom is 0.0762 e. The molecular weight excluding hydrogens is 236 g/mol. The lowest BCUT2D eigenvalue weighted by Crippen LogP contribution is -2.17. The van der Waals surface area contributed by atoms with Gasteiger partial charge < -0.3 is 10.3 Å². The lowest BCUT2D eigenvalue weighted by Gasteiger charge is -2.02. The van der Waals surface area contributed by atoms with E-state index in [9.17, 15) is 0 Å². The molecule has 2 aromatic heterocycles. The molecule has 0 aliphatic rings. The van der Waals surface area contributed by atoms with E-state index in [0.29, 0.717) is 0 Å². The summed E-state index contributed by atoms with van der Waals surface area (Å²) in [7, 11) is 1.94. The summed E-state index contributed by atoms with van der Waals surface area (Å²) in [6.45, 7) is 1.78. The van der Waals surface area contributed by atoms with Crippen molar-refractivity contribution in [3.8, 4) is 0 Å². The van der Waals surface area contributed by atoms with Crippen molar-refractivity contribution >= 4 is 10.9 Å². The third kappa shape index (κ3) is 2.69. The number of aryl methyl sites for hydroxylation is 1. The molecule has 0 amide bonds. The van der Waals surface area contributed by atoms with Crippen molar-refractivity contribution in [2.24, 2.45) is 7.05 Å². The Balaban J connectivity index is 1.55. The fraction of sp³-hybridized carbons (Fsp3) is 0.267. The molecule has 4 heteroatoms. The van der Waals surface area contributed by atoms with Gasteiger partial charge in [0, 0.05) is 36.9 Å². The van der Waals surface area contributed by atoms with E-state index >= 15 is 0 Å². The number of fused-ring (bicyclic) bond motifs is 1. The molecule has 0 saturated heterocycles. The molecule has 4 nitrogen and oxygen atoms in total. The van der Waals surface area contributed by atoms with Crippen LogP contribution in [0.1, 0.15) is 11.3 Å². The normalized spacial score (nSPS) is 11.2. The highest BCUT2D eigenvalue weighted by Gasteiger charge is 2.02. The van der Waals surface area contributed by atoms with Gasteiger partial charge in [-0.1, -0.05) is 18.2 Å². The molecule has 0 bridgehead atoms. The zero-order valence-electron chi connectivity index (χ0n) is 11.1. The summed E-state index contributed by atoms with van der Waals surface area (Å²) in [4.78, 5) is 3.31. The van der Waals surface area contributed by atoms with Crippen LogP contribution in [0.25, 0.3) is 10.9 Å². The van der Waals surface area contributed by atoms with Gasteiger partial charge in [0.1, 0.15) is 0 Å². The lowest BCUT2D eigenvalue weighted by molar-refractivity contribution is 0.655. The topological polar surface area (TPSA) is 45.6 Å². The molecule has 0 aliphatic heterocycles. The minimum Gasteiger partial charge on any atom is -0.361 e. The van der Waals surface area contributed by atoms with Crippen LogP contribution >= 0.6 is 0 Å². The number of aromatic amines is 1. The molecule has 0 unspecified atom stereocenters. The van der Waals surface area contributed by atoms with Gasteiger partial charge in [0.05, 0.1) is 5.69 Å². The zero-order valence-corrected chi connectivity index (χ0v) is 11.1. The van der Waals surface area contributed by atoms with Crippen LogP contribution in [0.5, 0.6) is 0 Å². The van der Waals surface area contributed by atoms with Crippen LogP contribution in [-0.4, -0.2) is 21.3 Å². The Morgan fingerprint density at radius 1 is 1.26 bits per heavy atom. The summed E-state index contributed by atoms with van der Waals surface area (Å²) in [5.41, 5.74) is 3.66. The minimum absolute atomic E-state index is 0.823. The van der Waals surface area contributed by atoms with Gasteiger partial charge >= 0.3 is 0 Å². The third-order valence-electron chi connectivity index (χ3n) is 3.32. The first-order valence-electron chi connectivity index (χ1n) is 6.57. The highest BCUT2D eigenvalue weighted by atomic mass is 15.3. The number of aromatic nitrogens is 3. The van der Waals surface area contributed by atoms with Crippen molar-refractivity contribution in [1.82, 2.24) is 20.1 Å². The average molecular weight is 254 g/mol. The monoisotopic (exact) mass is 254 g/mol. The Hall–Kier alpha value is -2.07. The van der Waals surface area contributed by atoms with E-state index in [1.54, 1.807) is 0 Å². The van der Waals surface area contributed by atoms with Crippen molar-refractivity contribution in [3.05, 3.63) is 54.0 Å². The van der Waals surface area contributed by atoms with Crippen molar-refractivity contribution in [2.75, 3.05) is 6.54 Å². The number of benzene rings is 1. The Bertz CT molecular complexity index is 665. The molecule has 98 valence electrons. The fourth-order valence-corrected chi connectivity index (χ4v) is 2.34. The first kappa shape index (κ1) is 12.0. The molecule has 0 aliphatic carbocycles. The molecule has 0 radical (unpaired) electrons. The number of hydrogen-bond acceptors (Lipinski definition) is 2. The Kier molecular flexibility index (Phi) is 3.33. The zero-order chi connectivity index (χ0) is 13.1. The second kappa shape index (κ2) is 5.28. The van der Waals surface area contributed by atoms with Crippen LogP contribution in [0.15, 0.2) is 42.7 Å². The summed E-state index contributed by atoms with van der Waals surface area (Å²) < 4.78 is 1.83. The molecule has 2 heterocycles. The number of para-hydroxylation sites is 1. The highest BCUT2D eigenvalue weighted by molar-refractivity contribution is 5.83. The van der Waals surface area contributed by atoms with E-state index < -0.39 is 0 Å². The number of rotatable bonds is 5. The van der Waals surface area contributed by atoms with Crippen molar-refractivity contribution in [1.29, 1.82) is 0 Å². The van der Waals surface area contributed by atoms with Gasteiger partial charge in [0.15, 0.2) is 0 Å². The molecule has 19 heavy (non-hydrogen) atoms. The quantitative estimate of drug-likeness (QED) is 0.686.